The van der Waals surface area contributed by atoms with E-state index in [4.69, 9.17) is 9.84 Å². The van der Waals surface area contributed by atoms with Gasteiger partial charge >= 0.3 is 0 Å². The highest BCUT2D eigenvalue weighted by atomic mass is 32.2. The highest BCUT2D eigenvalue weighted by Gasteiger charge is 2.41. The molecular formula is C13H17F2NO4S. The molecule has 0 aromatic heterocycles. The predicted molar refractivity (Wildman–Crippen MR) is 71.0 cm³/mol. The molecule has 0 aliphatic carbocycles. The number of nitrogens with one attached hydrogen (secondary N) is 1. The number of halogens is 2. The molecule has 2 N–H and O–H groups in total. The van der Waals surface area contributed by atoms with Gasteiger partial charge in [-0.25, -0.2) is 21.9 Å². The van der Waals surface area contributed by atoms with Crippen LogP contribution < -0.4 is 4.72 Å². The maximum absolute atomic E-state index is 14.1. The zero-order chi connectivity index (χ0) is 15.8. The summed E-state index contributed by atoms with van der Waals surface area (Å²) in [5.41, 5.74) is -1.53. The van der Waals surface area contributed by atoms with Gasteiger partial charge in [-0.05, 0) is 32.4 Å². The fourth-order valence-corrected chi connectivity index (χ4v) is 3.86. The minimum atomic E-state index is -4.20. The molecular weight excluding hydrogens is 304 g/mol. The van der Waals surface area contributed by atoms with Crippen LogP contribution in [0.15, 0.2) is 17.0 Å². The number of sulfonamides is 1. The summed E-state index contributed by atoms with van der Waals surface area (Å²) in [5, 5.41) is 8.95. The standard InChI is InChI=1S/C13H17F2NO4S/c1-8-13(2,5-6-20-8)16-21(18,19)11-4-3-10(14)9(7-17)12(11)15/h3-4,8,16-17H,5-7H2,1-2H3. The minimum absolute atomic E-state index is 0.368. The highest BCUT2D eigenvalue weighted by molar-refractivity contribution is 7.89. The van der Waals surface area contributed by atoms with Crippen molar-refractivity contribution in [2.45, 2.75) is 43.4 Å². The number of benzene rings is 1. The molecule has 21 heavy (non-hydrogen) atoms. The second-order valence-corrected chi connectivity index (χ2v) is 6.93. The quantitative estimate of drug-likeness (QED) is 0.876. The molecule has 2 atom stereocenters. The van der Waals surface area contributed by atoms with Gasteiger partial charge in [-0.2, -0.15) is 0 Å². The largest absolute Gasteiger partial charge is 0.391 e. The molecule has 0 radical (unpaired) electrons. The number of aliphatic hydroxyl groups excluding tert-OH is 1. The first-order valence-electron chi connectivity index (χ1n) is 6.44. The van der Waals surface area contributed by atoms with Crippen molar-refractivity contribution < 1.29 is 27.0 Å². The van der Waals surface area contributed by atoms with E-state index in [0.717, 1.165) is 12.1 Å². The van der Waals surface area contributed by atoms with Gasteiger partial charge in [0, 0.05) is 6.61 Å². The van der Waals surface area contributed by atoms with Gasteiger partial charge in [0.25, 0.3) is 0 Å². The Kier molecular flexibility index (Phi) is 4.34. The van der Waals surface area contributed by atoms with Gasteiger partial charge in [-0.15, -0.1) is 0 Å². The van der Waals surface area contributed by atoms with Crippen molar-refractivity contribution in [1.29, 1.82) is 0 Å². The van der Waals surface area contributed by atoms with E-state index in [1.807, 2.05) is 0 Å². The van der Waals surface area contributed by atoms with Gasteiger partial charge in [0.15, 0.2) is 5.82 Å². The zero-order valence-electron chi connectivity index (χ0n) is 11.7. The molecule has 0 amide bonds. The van der Waals surface area contributed by atoms with Crippen LogP contribution in [0.1, 0.15) is 25.8 Å². The number of hydrogen-bond acceptors (Lipinski definition) is 4. The predicted octanol–water partition coefficient (Wildman–Crippen LogP) is 1.30. The highest BCUT2D eigenvalue weighted by Crippen LogP contribution is 2.29. The number of hydrogen-bond donors (Lipinski definition) is 2. The van der Waals surface area contributed by atoms with Gasteiger partial charge in [0.2, 0.25) is 10.0 Å². The lowest BCUT2D eigenvalue weighted by atomic mass is 9.97. The molecule has 2 rings (SSSR count). The first kappa shape index (κ1) is 16.3. The van der Waals surface area contributed by atoms with Crippen LogP contribution in [0.2, 0.25) is 0 Å². The Balaban J connectivity index is 2.41. The molecule has 0 spiro atoms. The van der Waals surface area contributed by atoms with Crippen molar-refractivity contribution >= 4 is 10.0 Å². The Morgan fingerprint density at radius 2 is 2.14 bits per heavy atom. The molecule has 5 nitrogen and oxygen atoms in total. The summed E-state index contributed by atoms with van der Waals surface area (Å²) in [5.74, 6) is -2.27. The molecule has 1 aromatic carbocycles. The van der Waals surface area contributed by atoms with Crippen LogP contribution in [0, 0.1) is 11.6 Å². The normalized spacial score (nSPS) is 26.2. The van der Waals surface area contributed by atoms with Crippen LogP contribution in [-0.2, 0) is 21.4 Å². The maximum atomic E-state index is 14.1. The molecule has 1 aliphatic heterocycles. The third kappa shape index (κ3) is 2.94. The van der Waals surface area contributed by atoms with Gasteiger partial charge in [0.1, 0.15) is 10.7 Å². The van der Waals surface area contributed by atoms with Gasteiger partial charge < -0.3 is 9.84 Å². The fraction of sp³-hybridized carbons (Fsp3) is 0.538. The molecule has 0 saturated carbocycles. The SMILES string of the molecule is CC1OCCC1(C)NS(=O)(=O)c1ccc(F)c(CO)c1F. The Labute approximate surface area is 122 Å². The van der Waals surface area contributed by atoms with Gasteiger partial charge in [0.05, 0.1) is 23.8 Å². The lowest BCUT2D eigenvalue weighted by Crippen LogP contribution is -2.50. The Morgan fingerprint density at radius 1 is 1.48 bits per heavy atom. The van der Waals surface area contributed by atoms with Gasteiger partial charge in [-0.3, -0.25) is 0 Å². The van der Waals surface area contributed by atoms with E-state index in [-0.39, 0.29) is 6.10 Å². The molecule has 118 valence electrons. The minimum Gasteiger partial charge on any atom is -0.391 e. The number of aliphatic hydroxyl groups is 1. The van der Waals surface area contributed by atoms with Crippen LogP contribution in [0.4, 0.5) is 8.78 Å². The topological polar surface area (TPSA) is 75.6 Å². The van der Waals surface area contributed by atoms with Crippen LogP contribution in [-0.4, -0.2) is 31.8 Å². The summed E-state index contributed by atoms with van der Waals surface area (Å²) >= 11 is 0. The summed E-state index contributed by atoms with van der Waals surface area (Å²) < 4.78 is 59.8. The fourth-order valence-electron chi connectivity index (χ4n) is 2.26. The molecule has 1 aliphatic rings. The summed E-state index contributed by atoms with van der Waals surface area (Å²) in [6.45, 7) is 2.86. The molecule has 1 heterocycles. The van der Waals surface area contributed by atoms with E-state index < -0.39 is 44.3 Å². The second-order valence-electron chi connectivity index (χ2n) is 5.28. The van der Waals surface area contributed by atoms with Crippen LogP contribution in [0.3, 0.4) is 0 Å². The Bertz CT molecular complexity index is 650. The van der Waals surface area contributed by atoms with Crippen molar-refractivity contribution in [2.75, 3.05) is 6.61 Å². The molecule has 1 aromatic rings. The Hall–Kier alpha value is -1.09. The van der Waals surface area contributed by atoms with Crippen LogP contribution >= 0.6 is 0 Å². The molecule has 1 fully saturated rings. The van der Waals surface area contributed by atoms with Crippen molar-refractivity contribution in [1.82, 2.24) is 4.72 Å². The molecule has 0 bridgehead atoms. The van der Waals surface area contributed by atoms with E-state index in [0.29, 0.717) is 13.0 Å². The van der Waals surface area contributed by atoms with Gasteiger partial charge in [-0.1, -0.05) is 0 Å². The van der Waals surface area contributed by atoms with Crippen molar-refractivity contribution in [3.63, 3.8) is 0 Å². The molecule has 1 saturated heterocycles. The molecule has 8 heteroatoms. The van der Waals surface area contributed by atoms with Crippen LogP contribution in [0.5, 0.6) is 0 Å². The van der Waals surface area contributed by atoms with Crippen molar-refractivity contribution in [3.8, 4) is 0 Å². The second kappa shape index (κ2) is 5.60. The first-order valence-corrected chi connectivity index (χ1v) is 7.93. The summed E-state index contributed by atoms with van der Waals surface area (Å²) in [4.78, 5) is -0.687. The molecule has 2 unspecified atom stereocenters. The summed E-state index contributed by atoms with van der Waals surface area (Å²) in [6, 6.07) is 1.66. The van der Waals surface area contributed by atoms with E-state index >= 15 is 0 Å². The first-order chi connectivity index (χ1) is 9.71. The lowest BCUT2D eigenvalue weighted by molar-refractivity contribution is 0.0957. The third-order valence-corrected chi connectivity index (χ3v) is 5.48. The van der Waals surface area contributed by atoms with E-state index in [9.17, 15) is 17.2 Å². The lowest BCUT2D eigenvalue weighted by Gasteiger charge is -2.28. The van der Waals surface area contributed by atoms with Crippen LogP contribution in [0.25, 0.3) is 0 Å². The monoisotopic (exact) mass is 321 g/mol. The average Bonchev–Trinajstić information content (AvgIpc) is 2.68. The average molecular weight is 321 g/mol. The zero-order valence-corrected chi connectivity index (χ0v) is 12.5. The number of ether oxygens (including phenoxy) is 1. The Morgan fingerprint density at radius 3 is 2.67 bits per heavy atom. The third-order valence-electron chi connectivity index (χ3n) is 3.85. The summed E-state index contributed by atoms with van der Waals surface area (Å²) in [6.07, 6.45) is 0.0800. The maximum Gasteiger partial charge on any atom is 0.244 e. The number of rotatable bonds is 4. The van der Waals surface area contributed by atoms with E-state index in [2.05, 4.69) is 4.72 Å². The van der Waals surface area contributed by atoms with E-state index in [1.165, 1.54) is 0 Å². The smallest absolute Gasteiger partial charge is 0.244 e. The summed E-state index contributed by atoms with van der Waals surface area (Å²) in [7, 11) is -4.20. The van der Waals surface area contributed by atoms with E-state index in [1.54, 1.807) is 13.8 Å². The van der Waals surface area contributed by atoms with Crippen molar-refractivity contribution in [2.24, 2.45) is 0 Å². The van der Waals surface area contributed by atoms with Crippen molar-refractivity contribution in [3.05, 3.63) is 29.3 Å².